The molecule has 0 saturated carbocycles. The Balaban J connectivity index is 0.00000280. The summed E-state index contributed by atoms with van der Waals surface area (Å²) in [5.74, 6) is 1.97. The summed E-state index contributed by atoms with van der Waals surface area (Å²) < 4.78 is 13.1. The monoisotopic (exact) mass is 406 g/mol. The third-order valence-electron chi connectivity index (χ3n) is 4.62. The molecule has 8 heteroatoms. The fourth-order valence-corrected chi connectivity index (χ4v) is 3.25. The van der Waals surface area contributed by atoms with Crippen LogP contribution in [-0.4, -0.2) is 53.7 Å². The van der Waals surface area contributed by atoms with Gasteiger partial charge in [0.15, 0.2) is 18.1 Å². The van der Waals surface area contributed by atoms with Crippen LogP contribution in [0.1, 0.15) is 24.4 Å². The van der Waals surface area contributed by atoms with Crippen LogP contribution >= 0.6 is 12.4 Å². The van der Waals surface area contributed by atoms with Crippen LogP contribution in [0.3, 0.4) is 0 Å². The summed E-state index contributed by atoms with van der Waals surface area (Å²) in [5, 5.41) is 3.33. The Morgan fingerprint density at radius 3 is 2.89 bits per heavy atom. The summed E-state index contributed by atoms with van der Waals surface area (Å²) in [6.07, 6.45) is 7.58. The van der Waals surface area contributed by atoms with Crippen molar-refractivity contribution in [3.05, 3.63) is 48.1 Å². The van der Waals surface area contributed by atoms with E-state index in [-0.39, 0.29) is 31.0 Å². The van der Waals surface area contributed by atoms with E-state index in [4.69, 9.17) is 9.47 Å². The molecular weight excluding hydrogens is 380 g/mol. The van der Waals surface area contributed by atoms with E-state index in [2.05, 4.69) is 10.3 Å². The number of hydrogen-bond donors (Lipinski definition) is 1. The highest BCUT2D eigenvalue weighted by Gasteiger charge is 2.30. The molecule has 1 aromatic heterocycles. The SMILES string of the molecule is C/C=C/c1ccc(OCC(=O)N2CCNCC2c2nccn2C)c(OC)c1.Cl. The zero-order chi connectivity index (χ0) is 19.2. The minimum absolute atomic E-state index is 0. The number of rotatable bonds is 6. The molecule has 7 nitrogen and oxygen atoms in total. The lowest BCUT2D eigenvalue weighted by molar-refractivity contribution is -0.137. The first-order chi connectivity index (χ1) is 13.1. The fourth-order valence-electron chi connectivity index (χ4n) is 3.25. The molecule has 28 heavy (non-hydrogen) atoms. The topological polar surface area (TPSA) is 68.6 Å². The number of nitrogens with zero attached hydrogens (tertiary/aromatic N) is 3. The Labute approximate surface area is 171 Å². The average molecular weight is 407 g/mol. The second-order valence-electron chi connectivity index (χ2n) is 6.40. The molecule has 0 spiro atoms. The van der Waals surface area contributed by atoms with Crippen molar-refractivity contribution in [2.24, 2.45) is 7.05 Å². The maximum Gasteiger partial charge on any atom is 0.261 e. The number of carbonyl (C=O) groups is 1. The molecule has 0 aliphatic carbocycles. The molecule has 1 saturated heterocycles. The molecule has 0 radical (unpaired) electrons. The molecule has 0 bridgehead atoms. The number of nitrogens with one attached hydrogen (secondary N) is 1. The zero-order valence-electron chi connectivity index (χ0n) is 16.4. The fraction of sp³-hybridized carbons (Fsp3) is 0.400. The number of amides is 1. The molecule has 1 aliphatic heterocycles. The number of methoxy groups -OCH3 is 1. The lowest BCUT2D eigenvalue weighted by Gasteiger charge is -2.35. The molecule has 152 valence electrons. The van der Waals surface area contributed by atoms with Crippen molar-refractivity contribution in [2.45, 2.75) is 13.0 Å². The van der Waals surface area contributed by atoms with E-state index in [9.17, 15) is 4.79 Å². The Morgan fingerprint density at radius 1 is 1.39 bits per heavy atom. The first kappa shape index (κ1) is 21.8. The van der Waals surface area contributed by atoms with Crippen molar-refractivity contribution in [1.29, 1.82) is 0 Å². The standard InChI is InChI=1S/C20H26N4O3.ClH/c1-4-5-15-6-7-17(18(12-15)26-3)27-14-19(25)24-11-8-21-13-16(24)20-22-9-10-23(20)2;/h4-7,9-10,12,16,21H,8,11,13-14H2,1-3H3;1H/b5-4+;. The molecule has 1 aromatic carbocycles. The van der Waals surface area contributed by atoms with Gasteiger partial charge in [-0.25, -0.2) is 4.98 Å². The van der Waals surface area contributed by atoms with E-state index in [1.54, 1.807) is 13.3 Å². The summed E-state index contributed by atoms with van der Waals surface area (Å²) in [6.45, 7) is 3.98. The van der Waals surface area contributed by atoms with E-state index < -0.39 is 0 Å². The van der Waals surface area contributed by atoms with Crippen LogP contribution in [0.2, 0.25) is 0 Å². The van der Waals surface area contributed by atoms with Gasteiger partial charge in [0.25, 0.3) is 5.91 Å². The van der Waals surface area contributed by atoms with Crippen molar-refractivity contribution in [2.75, 3.05) is 33.4 Å². The normalized spacial score (nSPS) is 16.7. The van der Waals surface area contributed by atoms with E-state index in [1.165, 1.54) is 0 Å². The summed E-state index contributed by atoms with van der Waals surface area (Å²) in [5.41, 5.74) is 1.02. The van der Waals surface area contributed by atoms with Gasteiger partial charge in [-0.1, -0.05) is 18.2 Å². The number of aryl methyl sites for hydroxylation is 1. The molecule has 1 unspecified atom stereocenters. The molecule has 1 fully saturated rings. The highest BCUT2D eigenvalue weighted by atomic mass is 35.5. The van der Waals surface area contributed by atoms with Crippen LogP contribution in [0.5, 0.6) is 11.5 Å². The Morgan fingerprint density at radius 2 is 2.21 bits per heavy atom. The summed E-state index contributed by atoms with van der Waals surface area (Å²) in [6, 6.07) is 5.55. The van der Waals surface area contributed by atoms with Gasteiger partial charge in [-0.2, -0.15) is 0 Å². The number of imidazole rings is 1. The Hall–Kier alpha value is -2.51. The first-order valence-electron chi connectivity index (χ1n) is 9.05. The predicted molar refractivity (Wildman–Crippen MR) is 111 cm³/mol. The van der Waals surface area contributed by atoms with Gasteiger partial charge in [0.1, 0.15) is 11.9 Å². The number of ether oxygens (including phenoxy) is 2. The molecule has 2 heterocycles. The van der Waals surface area contributed by atoms with Crippen molar-refractivity contribution < 1.29 is 14.3 Å². The number of hydrogen-bond acceptors (Lipinski definition) is 5. The van der Waals surface area contributed by atoms with Crippen LogP contribution in [0, 0.1) is 0 Å². The first-order valence-corrected chi connectivity index (χ1v) is 9.05. The van der Waals surface area contributed by atoms with Crippen LogP contribution < -0.4 is 14.8 Å². The lowest BCUT2D eigenvalue weighted by atomic mass is 10.1. The van der Waals surface area contributed by atoms with Crippen molar-refractivity contribution in [3.8, 4) is 11.5 Å². The van der Waals surface area contributed by atoms with E-state index >= 15 is 0 Å². The second kappa shape index (κ2) is 10.1. The van der Waals surface area contributed by atoms with Crippen molar-refractivity contribution in [1.82, 2.24) is 19.8 Å². The number of aromatic nitrogens is 2. The van der Waals surface area contributed by atoms with Gasteiger partial charge in [0.2, 0.25) is 0 Å². The third kappa shape index (κ3) is 4.85. The van der Waals surface area contributed by atoms with E-state index in [1.807, 2.05) is 60.0 Å². The lowest BCUT2D eigenvalue weighted by Crippen LogP contribution is -2.50. The number of benzene rings is 1. The van der Waals surface area contributed by atoms with Gasteiger partial charge >= 0.3 is 0 Å². The highest BCUT2D eigenvalue weighted by Crippen LogP contribution is 2.29. The van der Waals surface area contributed by atoms with Crippen molar-refractivity contribution in [3.63, 3.8) is 0 Å². The summed E-state index contributed by atoms with van der Waals surface area (Å²) in [4.78, 5) is 19.1. The minimum atomic E-state index is -0.103. The highest BCUT2D eigenvalue weighted by molar-refractivity contribution is 5.85. The average Bonchev–Trinajstić information content (AvgIpc) is 3.12. The number of piperazine rings is 1. The molecule has 3 rings (SSSR count). The molecule has 1 N–H and O–H groups in total. The number of carbonyl (C=O) groups excluding carboxylic acids is 1. The second-order valence-corrected chi connectivity index (χ2v) is 6.40. The molecule has 1 amide bonds. The maximum absolute atomic E-state index is 12.8. The van der Waals surface area contributed by atoms with Gasteiger partial charge in [-0.15, -0.1) is 12.4 Å². The molecule has 1 atom stereocenters. The van der Waals surface area contributed by atoms with Crippen LogP contribution in [0.25, 0.3) is 6.08 Å². The predicted octanol–water partition coefficient (Wildman–Crippen LogP) is 2.44. The largest absolute Gasteiger partial charge is 0.493 e. The summed E-state index contributed by atoms with van der Waals surface area (Å²) in [7, 11) is 3.53. The molecule has 2 aromatic rings. The van der Waals surface area contributed by atoms with Gasteiger partial charge in [0, 0.05) is 39.1 Å². The van der Waals surface area contributed by atoms with Gasteiger partial charge in [-0.3, -0.25) is 4.79 Å². The Kier molecular flexibility index (Phi) is 7.90. The van der Waals surface area contributed by atoms with E-state index in [0.29, 0.717) is 24.6 Å². The van der Waals surface area contributed by atoms with Gasteiger partial charge < -0.3 is 24.3 Å². The molecular formula is C20H27ClN4O3. The maximum atomic E-state index is 12.8. The van der Waals surface area contributed by atoms with E-state index in [0.717, 1.165) is 17.9 Å². The number of halogens is 1. The quantitative estimate of drug-likeness (QED) is 0.798. The van der Waals surface area contributed by atoms with Gasteiger partial charge in [0.05, 0.1) is 7.11 Å². The zero-order valence-corrected chi connectivity index (χ0v) is 17.2. The summed E-state index contributed by atoms with van der Waals surface area (Å²) >= 11 is 0. The third-order valence-corrected chi connectivity index (χ3v) is 4.62. The number of allylic oxidation sites excluding steroid dienone is 1. The van der Waals surface area contributed by atoms with Crippen LogP contribution in [0.4, 0.5) is 0 Å². The smallest absolute Gasteiger partial charge is 0.261 e. The van der Waals surface area contributed by atoms with Crippen LogP contribution in [0.15, 0.2) is 36.7 Å². The van der Waals surface area contributed by atoms with Gasteiger partial charge in [-0.05, 0) is 24.6 Å². The Bertz CT molecular complexity index is 822. The minimum Gasteiger partial charge on any atom is -0.493 e. The van der Waals surface area contributed by atoms with Crippen molar-refractivity contribution >= 4 is 24.4 Å². The van der Waals surface area contributed by atoms with Crippen LogP contribution in [-0.2, 0) is 11.8 Å². The molecule has 1 aliphatic rings.